The Hall–Kier alpha value is -1.98. The van der Waals surface area contributed by atoms with Gasteiger partial charge in [-0.2, -0.15) is 0 Å². The average molecular weight is 444 g/mol. The van der Waals surface area contributed by atoms with Crippen molar-refractivity contribution in [3.8, 4) is 0 Å². The minimum absolute atomic E-state index is 0.00812. The van der Waals surface area contributed by atoms with Gasteiger partial charge in [0, 0.05) is 24.5 Å². The molecule has 0 radical (unpaired) electrons. The second-order valence-electron chi connectivity index (χ2n) is 5.10. The number of halogens is 2. The molecule has 10 nitrogen and oxygen atoms in total. The van der Waals surface area contributed by atoms with Crippen LogP contribution in [0.2, 0.25) is 0 Å². The SMILES string of the molecule is CC(=O)N[C@@H](CCC(=O)N[C@@H](CSC=C(Cl)Cl)C(=O)NCC(=O)O)C(=O)O. The molecule has 0 aliphatic rings. The zero-order valence-corrected chi connectivity index (χ0v) is 16.5. The Labute approximate surface area is 169 Å². The lowest BCUT2D eigenvalue weighted by Crippen LogP contribution is -2.49. The van der Waals surface area contributed by atoms with Gasteiger partial charge in [-0.3, -0.25) is 19.2 Å². The third-order valence-corrected chi connectivity index (χ3v) is 4.24. The van der Waals surface area contributed by atoms with Crippen LogP contribution in [-0.4, -0.2) is 64.3 Å². The molecule has 0 aliphatic heterocycles. The molecule has 0 fully saturated rings. The Kier molecular flexibility index (Phi) is 12.3. The predicted octanol–water partition coefficient (Wildman–Crippen LogP) is 0.0512. The normalized spacial score (nSPS) is 12.3. The highest BCUT2D eigenvalue weighted by Crippen LogP contribution is 2.15. The molecule has 5 N–H and O–H groups in total. The van der Waals surface area contributed by atoms with Crippen LogP contribution in [0.5, 0.6) is 0 Å². The molecule has 27 heavy (non-hydrogen) atoms. The minimum atomic E-state index is -1.30. The van der Waals surface area contributed by atoms with Gasteiger partial charge < -0.3 is 26.2 Å². The fraction of sp³-hybridized carbons (Fsp3) is 0.500. The minimum Gasteiger partial charge on any atom is -0.480 e. The van der Waals surface area contributed by atoms with Crippen molar-refractivity contribution in [3.63, 3.8) is 0 Å². The molecule has 0 heterocycles. The summed E-state index contributed by atoms with van der Waals surface area (Å²) in [6.07, 6.45) is -0.471. The number of rotatable bonds is 12. The van der Waals surface area contributed by atoms with Crippen LogP contribution in [0.4, 0.5) is 0 Å². The lowest BCUT2D eigenvalue weighted by atomic mass is 10.1. The van der Waals surface area contributed by atoms with E-state index < -0.39 is 48.3 Å². The fourth-order valence-electron chi connectivity index (χ4n) is 1.72. The molecule has 0 aromatic rings. The zero-order valence-electron chi connectivity index (χ0n) is 14.2. The van der Waals surface area contributed by atoms with Crippen molar-refractivity contribution in [3.05, 3.63) is 9.90 Å². The molecule has 0 aliphatic carbocycles. The van der Waals surface area contributed by atoms with Crippen molar-refractivity contribution in [1.82, 2.24) is 16.0 Å². The molecule has 2 atom stereocenters. The van der Waals surface area contributed by atoms with Crippen LogP contribution in [0, 0.1) is 0 Å². The van der Waals surface area contributed by atoms with E-state index in [1.54, 1.807) is 0 Å². The summed E-state index contributed by atoms with van der Waals surface area (Å²) in [4.78, 5) is 56.6. The molecule has 3 amide bonds. The van der Waals surface area contributed by atoms with Gasteiger partial charge in [-0.15, -0.1) is 11.8 Å². The topological polar surface area (TPSA) is 162 Å². The van der Waals surface area contributed by atoms with Gasteiger partial charge in [-0.25, -0.2) is 4.79 Å². The van der Waals surface area contributed by atoms with Crippen LogP contribution >= 0.6 is 35.0 Å². The molecule has 13 heteroatoms. The monoisotopic (exact) mass is 443 g/mol. The predicted molar refractivity (Wildman–Crippen MR) is 99.3 cm³/mol. The number of carbonyl (C=O) groups excluding carboxylic acids is 3. The van der Waals surface area contributed by atoms with Crippen molar-refractivity contribution in [2.24, 2.45) is 0 Å². The Balaban J connectivity index is 4.80. The Morgan fingerprint density at radius 2 is 1.70 bits per heavy atom. The summed E-state index contributed by atoms with van der Waals surface area (Å²) in [5.74, 6) is -4.50. The van der Waals surface area contributed by atoms with Crippen molar-refractivity contribution in [1.29, 1.82) is 0 Å². The number of hydrogen-bond donors (Lipinski definition) is 5. The number of nitrogens with one attached hydrogen (secondary N) is 3. The summed E-state index contributed by atoms with van der Waals surface area (Å²) in [6, 6.07) is -2.35. The first kappa shape index (κ1) is 25.0. The second kappa shape index (κ2) is 13.2. The third-order valence-electron chi connectivity index (χ3n) is 2.84. The van der Waals surface area contributed by atoms with Gasteiger partial charge in [0.2, 0.25) is 17.7 Å². The molecule has 152 valence electrons. The highest BCUT2D eigenvalue weighted by Gasteiger charge is 2.23. The van der Waals surface area contributed by atoms with Crippen LogP contribution in [0.3, 0.4) is 0 Å². The van der Waals surface area contributed by atoms with Crippen molar-refractivity contribution in [2.45, 2.75) is 31.8 Å². The van der Waals surface area contributed by atoms with Crippen LogP contribution in [0.15, 0.2) is 9.90 Å². The number of amides is 3. The average Bonchev–Trinajstić information content (AvgIpc) is 2.54. The first-order chi connectivity index (χ1) is 12.5. The summed E-state index contributed by atoms with van der Waals surface area (Å²) < 4.78 is -0.0596. The first-order valence-electron chi connectivity index (χ1n) is 7.44. The maximum absolute atomic E-state index is 12.0. The highest BCUT2D eigenvalue weighted by molar-refractivity contribution is 8.02. The Morgan fingerprint density at radius 1 is 1.07 bits per heavy atom. The summed E-state index contributed by atoms with van der Waals surface area (Å²) in [5, 5.41) is 25.6. The molecular weight excluding hydrogens is 425 g/mol. The van der Waals surface area contributed by atoms with Gasteiger partial charge in [0.25, 0.3) is 0 Å². The molecule has 0 unspecified atom stereocenters. The lowest BCUT2D eigenvalue weighted by Gasteiger charge is -2.18. The number of carboxylic acid groups (broad SMARTS) is 2. The van der Waals surface area contributed by atoms with E-state index >= 15 is 0 Å². The van der Waals surface area contributed by atoms with Crippen molar-refractivity contribution >= 4 is 64.6 Å². The van der Waals surface area contributed by atoms with E-state index in [2.05, 4.69) is 16.0 Å². The van der Waals surface area contributed by atoms with Gasteiger partial charge in [-0.1, -0.05) is 23.2 Å². The van der Waals surface area contributed by atoms with E-state index in [0.29, 0.717) is 0 Å². The summed E-state index contributed by atoms with van der Waals surface area (Å²) in [7, 11) is 0. The Morgan fingerprint density at radius 3 is 2.19 bits per heavy atom. The van der Waals surface area contributed by atoms with E-state index in [-0.39, 0.29) is 23.1 Å². The van der Waals surface area contributed by atoms with Gasteiger partial charge in [0.15, 0.2) is 0 Å². The molecule has 0 rings (SSSR count). The summed E-state index contributed by atoms with van der Waals surface area (Å²) in [6.45, 7) is 0.511. The van der Waals surface area contributed by atoms with Crippen LogP contribution < -0.4 is 16.0 Å². The standard InChI is InChI=1S/C14H19Cl2N3O7S/c1-7(20)18-8(14(25)26)2-3-11(21)19-9(5-27-6-10(15)16)13(24)17-4-12(22)23/h6,8-9H,2-5H2,1H3,(H,17,24)(H,18,20)(H,19,21)(H,22,23)(H,25,26)/t8-,9-/m0/s1. The van der Waals surface area contributed by atoms with Crippen molar-refractivity contribution < 1.29 is 34.2 Å². The highest BCUT2D eigenvalue weighted by atomic mass is 35.5. The van der Waals surface area contributed by atoms with Crippen LogP contribution in [0.25, 0.3) is 0 Å². The quantitative estimate of drug-likeness (QED) is 0.282. The van der Waals surface area contributed by atoms with E-state index in [1.807, 2.05) is 0 Å². The third kappa shape index (κ3) is 12.9. The van der Waals surface area contributed by atoms with Gasteiger partial charge in [0.05, 0.1) is 0 Å². The maximum Gasteiger partial charge on any atom is 0.326 e. The van der Waals surface area contributed by atoms with Gasteiger partial charge >= 0.3 is 11.9 Å². The molecule has 0 aromatic carbocycles. The van der Waals surface area contributed by atoms with E-state index in [0.717, 1.165) is 18.7 Å². The smallest absolute Gasteiger partial charge is 0.326 e. The Bertz CT molecular complexity index is 612. The van der Waals surface area contributed by atoms with E-state index in [1.165, 1.54) is 5.41 Å². The zero-order chi connectivity index (χ0) is 21.0. The lowest BCUT2D eigenvalue weighted by molar-refractivity contribution is -0.142. The number of hydrogen-bond acceptors (Lipinski definition) is 6. The summed E-state index contributed by atoms with van der Waals surface area (Å²) in [5.41, 5.74) is 0. The maximum atomic E-state index is 12.0. The first-order valence-corrected chi connectivity index (χ1v) is 9.25. The molecule has 0 spiro atoms. The second-order valence-corrected chi connectivity index (χ2v) is 7.01. The molecule has 0 saturated carbocycles. The number of carbonyl (C=O) groups is 5. The van der Waals surface area contributed by atoms with E-state index in [4.69, 9.17) is 33.4 Å². The number of aliphatic carboxylic acids is 2. The largest absolute Gasteiger partial charge is 0.480 e. The molecular formula is C14H19Cl2N3O7S. The number of carboxylic acids is 2. The molecule has 0 bridgehead atoms. The van der Waals surface area contributed by atoms with Crippen LogP contribution in [-0.2, 0) is 24.0 Å². The van der Waals surface area contributed by atoms with Crippen molar-refractivity contribution in [2.75, 3.05) is 12.3 Å². The van der Waals surface area contributed by atoms with Crippen LogP contribution in [0.1, 0.15) is 19.8 Å². The molecule has 0 saturated heterocycles. The van der Waals surface area contributed by atoms with Gasteiger partial charge in [0.1, 0.15) is 23.1 Å². The van der Waals surface area contributed by atoms with E-state index in [9.17, 15) is 24.0 Å². The summed E-state index contributed by atoms with van der Waals surface area (Å²) >= 11 is 11.9. The number of thioether (sulfide) groups is 1. The van der Waals surface area contributed by atoms with Gasteiger partial charge in [-0.05, 0) is 6.42 Å². The fourth-order valence-corrected chi connectivity index (χ4v) is 2.75. The molecule has 0 aromatic heterocycles.